The van der Waals surface area contributed by atoms with Gasteiger partial charge < -0.3 is 24.1 Å². The minimum atomic E-state index is -0.863. The Hall–Kier alpha value is -3.22. The van der Waals surface area contributed by atoms with Crippen LogP contribution in [0.3, 0.4) is 0 Å². The number of carbonyl (C=O) groups is 2. The van der Waals surface area contributed by atoms with Gasteiger partial charge in [-0.05, 0) is 61.4 Å². The van der Waals surface area contributed by atoms with Crippen molar-refractivity contribution >= 4 is 11.9 Å². The molecule has 5 rings (SSSR count). The van der Waals surface area contributed by atoms with Gasteiger partial charge in [-0.15, -0.1) is 0 Å². The molecule has 33 heavy (non-hydrogen) atoms. The zero-order chi connectivity index (χ0) is 23.2. The van der Waals surface area contributed by atoms with Crippen LogP contribution in [0.4, 0.5) is 0 Å². The maximum Gasteiger partial charge on any atom is 0.338 e. The topological polar surface area (TPSA) is 91.3 Å². The average Bonchev–Trinajstić information content (AvgIpc) is 3.29. The van der Waals surface area contributed by atoms with Crippen molar-refractivity contribution in [1.82, 2.24) is 0 Å². The summed E-state index contributed by atoms with van der Waals surface area (Å²) in [6, 6.07) is 9.23. The van der Waals surface area contributed by atoms with Crippen LogP contribution in [-0.4, -0.2) is 37.4 Å². The number of carboxylic acids is 1. The summed E-state index contributed by atoms with van der Waals surface area (Å²) in [7, 11) is 3.12. The van der Waals surface area contributed by atoms with Gasteiger partial charge in [0.2, 0.25) is 5.75 Å². The van der Waals surface area contributed by atoms with Gasteiger partial charge in [0.25, 0.3) is 0 Å². The lowest BCUT2D eigenvalue weighted by atomic mass is 9.86. The molecule has 7 nitrogen and oxygen atoms in total. The standard InChI is InChI=1S/C26H28O7/c1-30-20-10-9-18(16-7-8-19-17(13-16)14-32-24(19)27)21(22(20)31-2)33-23(15-5-3-4-6-15)26(11-12-26)25(28)29/h7-10,13,15,23H,3-6,11-12,14H2,1-2H3,(H,28,29). The van der Waals surface area contributed by atoms with Crippen LogP contribution in [0.25, 0.3) is 11.1 Å². The Morgan fingerprint density at radius 2 is 1.79 bits per heavy atom. The molecular formula is C26H28O7. The lowest BCUT2D eigenvalue weighted by molar-refractivity contribution is -0.148. The maximum atomic E-state index is 12.3. The Labute approximate surface area is 192 Å². The van der Waals surface area contributed by atoms with Crippen molar-refractivity contribution < 1.29 is 33.6 Å². The van der Waals surface area contributed by atoms with E-state index in [1.165, 1.54) is 0 Å². The van der Waals surface area contributed by atoms with Crippen molar-refractivity contribution in [2.45, 2.75) is 51.2 Å². The van der Waals surface area contributed by atoms with E-state index in [0.717, 1.165) is 42.4 Å². The van der Waals surface area contributed by atoms with Gasteiger partial charge in [0.05, 0.1) is 19.8 Å². The molecule has 0 aromatic heterocycles. The first-order valence-corrected chi connectivity index (χ1v) is 11.4. The Kier molecular flexibility index (Phi) is 5.43. The van der Waals surface area contributed by atoms with Crippen molar-refractivity contribution in [2.24, 2.45) is 11.3 Å². The SMILES string of the molecule is COc1ccc(-c2ccc3c(c2)COC3=O)c(OC(C2CCCC2)C2(C(=O)O)CC2)c1OC. The van der Waals surface area contributed by atoms with Crippen LogP contribution >= 0.6 is 0 Å². The normalized spacial score (nSPS) is 19.5. The molecule has 1 N–H and O–H groups in total. The largest absolute Gasteiger partial charge is 0.493 e. The number of hydrogen-bond acceptors (Lipinski definition) is 6. The summed E-state index contributed by atoms with van der Waals surface area (Å²) in [5, 5.41) is 10.1. The second-order valence-corrected chi connectivity index (χ2v) is 9.17. The molecule has 0 saturated heterocycles. The zero-order valence-electron chi connectivity index (χ0n) is 18.9. The summed E-state index contributed by atoms with van der Waals surface area (Å²) in [5.74, 6) is 0.493. The van der Waals surface area contributed by atoms with Crippen LogP contribution in [0.2, 0.25) is 0 Å². The van der Waals surface area contributed by atoms with E-state index in [1.54, 1.807) is 20.3 Å². The van der Waals surface area contributed by atoms with Crippen LogP contribution in [0.15, 0.2) is 30.3 Å². The van der Waals surface area contributed by atoms with Gasteiger partial charge in [-0.1, -0.05) is 18.9 Å². The summed E-state index contributed by atoms with van der Waals surface area (Å²) < 4.78 is 23.1. The Balaban J connectivity index is 1.62. The molecule has 1 atom stereocenters. The molecule has 174 valence electrons. The molecule has 2 aromatic rings. The fourth-order valence-electron chi connectivity index (χ4n) is 5.35. The van der Waals surface area contributed by atoms with Gasteiger partial charge in [-0.3, -0.25) is 4.79 Å². The predicted octanol–water partition coefficient (Wildman–Crippen LogP) is 4.84. The number of esters is 1. The number of ether oxygens (including phenoxy) is 4. The Bertz CT molecular complexity index is 1100. The fraction of sp³-hybridized carbons (Fsp3) is 0.462. The number of rotatable bonds is 8. The number of carbonyl (C=O) groups excluding carboxylic acids is 1. The first-order chi connectivity index (χ1) is 16.0. The highest BCUT2D eigenvalue weighted by Gasteiger charge is 2.60. The van der Waals surface area contributed by atoms with Crippen LogP contribution in [0, 0.1) is 11.3 Å². The van der Waals surface area contributed by atoms with Crippen LogP contribution < -0.4 is 14.2 Å². The molecule has 2 saturated carbocycles. The molecule has 0 amide bonds. The minimum Gasteiger partial charge on any atom is -0.493 e. The van der Waals surface area contributed by atoms with Crippen molar-refractivity contribution in [3.8, 4) is 28.4 Å². The monoisotopic (exact) mass is 452 g/mol. The van der Waals surface area contributed by atoms with E-state index in [4.69, 9.17) is 18.9 Å². The maximum absolute atomic E-state index is 12.3. The molecule has 0 spiro atoms. The van der Waals surface area contributed by atoms with E-state index < -0.39 is 17.5 Å². The predicted molar refractivity (Wildman–Crippen MR) is 120 cm³/mol. The van der Waals surface area contributed by atoms with E-state index in [-0.39, 0.29) is 18.5 Å². The van der Waals surface area contributed by atoms with Gasteiger partial charge in [0.15, 0.2) is 11.5 Å². The molecule has 0 radical (unpaired) electrons. The first-order valence-electron chi connectivity index (χ1n) is 11.4. The first kappa shape index (κ1) is 21.6. The molecule has 1 aliphatic heterocycles. The fourth-order valence-corrected chi connectivity index (χ4v) is 5.35. The number of methoxy groups -OCH3 is 2. The van der Waals surface area contributed by atoms with Crippen molar-refractivity contribution in [3.05, 3.63) is 41.5 Å². The third kappa shape index (κ3) is 3.59. The third-order valence-corrected chi connectivity index (χ3v) is 7.33. The van der Waals surface area contributed by atoms with Crippen molar-refractivity contribution in [1.29, 1.82) is 0 Å². The molecule has 3 aliphatic rings. The molecule has 2 aromatic carbocycles. The third-order valence-electron chi connectivity index (χ3n) is 7.33. The van der Waals surface area contributed by atoms with E-state index in [0.29, 0.717) is 35.7 Å². The summed E-state index contributed by atoms with van der Waals surface area (Å²) in [6.07, 6.45) is 4.87. The molecular weight excluding hydrogens is 424 g/mol. The number of carboxylic acid groups (broad SMARTS) is 1. The summed E-state index contributed by atoms with van der Waals surface area (Å²) in [6.45, 7) is 0.234. The Morgan fingerprint density at radius 3 is 2.42 bits per heavy atom. The second kappa shape index (κ2) is 8.28. The Morgan fingerprint density at radius 1 is 1.06 bits per heavy atom. The number of benzene rings is 2. The summed E-state index contributed by atoms with van der Waals surface area (Å²) in [5.41, 5.74) is 2.12. The van der Waals surface area contributed by atoms with E-state index in [2.05, 4.69) is 0 Å². The number of cyclic esters (lactones) is 1. The smallest absolute Gasteiger partial charge is 0.338 e. The number of aliphatic carboxylic acids is 1. The van der Waals surface area contributed by atoms with Gasteiger partial charge in [0.1, 0.15) is 18.1 Å². The highest BCUT2D eigenvalue weighted by molar-refractivity contribution is 5.94. The highest BCUT2D eigenvalue weighted by atomic mass is 16.5. The number of fused-ring (bicyclic) bond motifs is 1. The zero-order valence-corrected chi connectivity index (χ0v) is 18.9. The van der Waals surface area contributed by atoms with Crippen molar-refractivity contribution in [2.75, 3.05) is 14.2 Å². The van der Waals surface area contributed by atoms with Crippen LogP contribution in [-0.2, 0) is 16.1 Å². The summed E-state index contributed by atoms with van der Waals surface area (Å²) in [4.78, 5) is 24.2. The highest BCUT2D eigenvalue weighted by Crippen LogP contribution is 2.56. The van der Waals surface area contributed by atoms with E-state index in [1.807, 2.05) is 24.3 Å². The molecule has 2 fully saturated rings. The minimum absolute atomic E-state index is 0.179. The van der Waals surface area contributed by atoms with E-state index >= 15 is 0 Å². The molecule has 0 bridgehead atoms. The van der Waals surface area contributed by atoms with Gasteiger partial charge in [-0.25, -0.2) is 4.79 Å². The molecule has 1 heterocycles. The van der Waals surface area contributed by atoms with E-state index in [9.17, 15) is 14.7 Å². The lowest BCUT2D eigenvalue weighted by Crippen LogP contribution is -2.40. The average molecular weight is 453 g/mol. The number of hydrogen-bond donors (Lipinski definition) is 1. The molecule has 1 unspecified atom stereocenters. The second-order valence-electron chi connectivity index (χ2n) is 9.17. The summed E-state index contributed by atoms with van der Waals surface area (Å²) >= 11 is 0. The van der Waals surface area contributed by atoms with Gasteiger partial charge in [-0.2, -0.15) is 0 Å². The van der Waals surface area contributed by atoms with Crippen LogP contribution in [0.5, 0.6) is 17.2 Å². The van der Waals surface area contributed by atoms with Gasteiger partial charge in [0, 0.05) is 11.1 Å². The molecule has 2 aliphatic carbocycles. The molecule has 7 heteroatoms. The van der Waals surface area contributed by atoms with Gasteiger partial charge >= 0.3 is 11.9 Å². The lowest BCUT2D eigenvalue weighted by Gasteiger charge is -2.32. The van der Waals surface area contributed by atoms with Crippen molar-refractivity contribution in [3.63, 3.8) is 0 Å². The quantitative estimate of drug-likeness (QED) is 0.573. The van der Waals surface area contributed by atoms with Crippen LogP contribution in [0.1, 0.15) is 54.4 Å².